The van der Waals surface area contributed by atoms with Crippen LogP contribution in [-0.4, -0.2) is 12.1 Å². The van der Waals surface area contributed by atoms with Crippen LogP contribution >= 0.6 is 0 Å². The van der Waals surface area contributed by atoms with Crippen molar-refractivity contribution in [2.24, 2.45) is 16.8 Å². The highest BCUT2D eigenvalue weighted by Gasteiger charge is 2.31. The molecular weight excluding hydrogens is 186 g/mol. The lowest BCUT2D eigenvalue weighted by Crippen LogP contribution is -2.32. The van der Waals surface area contributed by atoms with E-state index in [0.717, 1.165) is 0 Å². The van der Waals surface area contributed by atoms with Gasteiger partial charge in [-0.1, -0.05) is 33.1 Å². The van der Waals surface area contributed by atoms with Gasteiger partial charge in [0.05, 0.1) is 6.04 Å². The number of hydrogen-bond acceptors (Lipinski definition) is 2. The van der Waals surface area contributed by atoms with Gasteiger partial charge in [0, 0.05) is 0 Å². The highest BCUT2D eigenvalue weighted by atomic mass is 16.1. The smallest absolute Gasteiger partial charge is 0.211 e. The lowest BCUT2D eigenvalue weighted by atomic mass is 9.74. The zero-order chi connectivity index (χ0) is 11.1. The van der Waals surface area contributed by atoms with E-state index in [1.54, 1.807) is 6.08 Å². The van der Waals surface area contributed by atoms with Gasteiger partial charge in [0.25, 0.3) is 0 Å². The van der Waals surface area contributed by atoms with Gasteiger partial charge >= 0.3 is 0 Å². The highest BCUT2D eigenvalue weighted by molar-refractivity contribution is 5.34. The maximum absolute atomic E-state index is 10.5. The minimum absolute atomic E-state index is 0.274. The molecule has 0 spiro atoms. The zero-order valence-corrected chi connectivity index (χ0v) is 10.0. The molecule has 0 heterocycles. The molecule has 0 saturated heterocycles. The molecule has 2 heteroatoms. The van der Waals surface area contributed by atoms with Gasteiger partial charge in [-0.3, -0.25) is 0 Å². The van der Waals surface area contributed by atoms with Gasteiger partial charge < -0.3 is 0 Å². The molecule has 1 saturated carbocycles. The van der Waals surface area contributed by atoms with E-state index in [1.165, 1.54) is 44.9 Å². The minimum atomic E-state index is 0.274. The van der Waals surface area contributed by atoms with E-state index >= 15 is 0 Å². The molecule has 1 aliphatic rings. The number of isocyanates is 1. The quantitative estimate of drug-likeness (QED) is 0.501. The van der Waals surface area contributed by atoms with E-state index < -0.39 is 0 Å². The maximum atomic E-state index is 10.5. The van der Waals surface area contributed by atoms with Crippen molar-refractivity contribution in [1.29, 1.82) is 0 Å². The first kappa shape index (κ1) is 12.4. The third-order valence-corrected chi connectivity index (χ3v) is 3.64. The first-order chi connectivity index (χ1) is 7.33. The third kappa shape index (κ3) is 3.46. The molecular formula is C13H23NO. The van der Waals surface area contributed by atoms with Crippen LogP contribution in [0.5, 0.6) is 0 Å². The van der Waals surface area contributed by atoms with Crippen LogP contribution in [0, 0.1) is 11.8 Å². The summed E-state index contributed by atoms with van der Waals surface area (Å²) in [4.78, 5) is 14.6. The Bertz CT molecular complexity index is 203. The molecule has 2 nitrogen and oxygen atoms in total. The molecule has 0 aliphatic heterocycles. The molecule has 2 unspecified atom stereocenters. The van der Waals surface area contributed by atoms with Crippen LogP contribution in [0.25, 0.3) is 0 Å². The van der Waals surface area contributed by atoms with E-state index in [9.17, 15) is 4.79 Å². The summed E-state index contributed by atoms with van der Waals surface area (Å²) in [7, 11) is 0. The van der Waals surface area contributed by atoms with Crippen molar-refractivity contribution in [3.05, 3.63) is 0 Å². The summed E-state index contributed by atoms with van der Waals surface area (Å²) in [5, 5.41) is 0. The van der Waals surface area contributed by atoms with Crippen LogP contribution < -0.4 is 0 Å². The number of carbonyl (C=O) groups excluding carboxylic acids is 1. The van der Waals surface area contributed by atoms with Crippen LogP contribution in [0.4, 0.5) is 0 Å². The van der Waals surface area contributed by atoms with Gasteiger partial charge in [0.15, 0.2) is 0 Å². The normalized spacial score (nSPS) is 30.9. The van der Waals surface area contributed by atoms with Crippen molar-refractivity contribution in [1.82, 2.24) is 0 Å². The summed E-state index contributed by atoms with van der Waals surface area (Å²) >= 11 is 0. The summed E-state index contributed by atoms with van der Waals surface area (Å²) in [5.74, 6) is 1.28. The molecule has 1 rings (SSSR count). The van der Waals surface area contributed by atoms with Crippen LogP contribution in [-0.2, 0) is 4.79 Å². The Morgan fingerprint density at radius 2 is 1.67 bits per heavy atom. The number of aliphatic imine (C=N–C) groups is 1. The Morgan fingerprint density at radius 3 is 2.07 bits per heavy atom. The molecule has 1 fully saturated rings. The Balaban J connectivity index is 2.65. The van der Waals surface area contributed by atoms with Gasteiger partial charge in [-0.05, 0) is 37.5 Å². The Hall–Kier alpha value is -0.620. The fraction of sp³-hybridized carbons (Fsp3) is 0.923. The predicted octanol–water partition coefficient (Wildman–Crippen LogP) is 3.71. The average molecular weight is 209 g/mol. The van der Waals surface area contributed by atoms with Crippen molar-refractivity contribution in [3.63, 3.8) is 0 Å². The van der Waals surface area contributed by atoms with Gasteiger partial charge in [-0.25, -0.2) is 9.79 Å². The standard InChI is InChI=1S/C13H23NO/c1-3-6-11-8-5-9-12(7-4-2)13(11)14-10-15/h11-13H,3-9H2,1-2H3. The molecule has 1 aliphatic carbocycles. The molecule has 0 aromatic carbocycles. The number of rotatable bonds is 5. The summed E-state index contributed by atoms with van der Waals surface area (Å²) in [5.41, 5.74) is 0. The largest absolute Gasteiger partial charge is 0.235 e. The Morgan fingerprint density at radius 1 is 1.13 bits per heavy atom. The van der Waals surface area contributed by atoms with Crippen LogP contribution in [0.15, 0.2) is 4.99 Å². The van der Waals surface area contributed by atoms with Gasteiger partial charge in [0.1, 0.15) is 0 Å². The van der Waals surface area contributed by atoms with E-state index in [1.807, 2.05) is 0 Å². The molecule has 0 aromatic heterocycles. The lowest BCUT2D eigenvalue weighted by molar-refractivity contribution is 0.200. The predicted molar refractivity (Wildman–Crippen MR) is 62.6 cm³/mol. The second-order valence-corrected chi connectivity index (χ2v) is 4.74. The van der Waals surface area contributed by atoms with Crippen LogP contribution in [0.3, 0.4) is 0 Å². The SMILES string of the molecule is CCCC1CCCC(CCC)C1N=C=O. The lowest BCUT2D eigenvalue weighted by Gasteiger charge is -2.34. The van der Waals surface area contributed by atoms with Crippen molar-refractivity contribution in [2.45, 2.75) is 64.8 Å². The maximum Gasteiger partial charge on any atom is 0.235 e. The summed E-state index contributed by atoms with van der Waals surface area (Å²) < 4.78 is 0. The van der Waals surface area contributed by atoms with E-state index in [0.29, 0.717) is 11.8 Å². The average Bonchev–Trinajstić information content (AvgIpc) is 2.23. The molecule has 0 aromatic rings. The zero-order valence-electron chi connectivity index (χ0n) is 10.0. The highest BCUT2D eigenvalue weighted by Crippen LogP contribution is 2.36. The monoisotopic (exact) mass is 209 g/mol. The summed E-state index contributed by atoms with van der Waals surface area (Å²) in [6.07, 6.45) is 10.5. The Labute approximate surface area is 93.2 Å². The van der Waals surface area contributed by atoms with E-state index in [2.05, 4.69) is 18.8 Å². The van der Waals surface area contributed by atoms with Crippen molar-refractivity contribution in [3.8, 4) is 0 Å². The van der Waals surface area contributed by atoms with Crippen molar-refractivity contribution < 1.29 is 4.79 Å². The van der Waals surface area contributed by atoms with Crippen LogP contribution in [0.2, 0.25) is 0 Å². The Kier molecular flexibility index (Phi) is 5.63. The van der Waals surface area contributed by atoms with Crippen LogP contribution in [0.1, 0.15) is 58.8 Å². The topological polar surface area (TPSA) is 29.4 Å². The molecule has 0 radical (unpaired) electrons. The van der Waals surface area contributed by atoms with E-state index in [4.69, 9.17) is 0 Å². The fourth-order valence-electron chi connectivity index (χ4n) is 3.01. The molecule has 86 valence electrons. The summed E-state index contributed by atoms with van der Waals surface area (Å²) in [6.45, 7) is 4.43. The molecule has 0 amide bonds. The second kappa shape index (κ2) is 6.79. The van der Waals surface area contributed by atoms with Crippen molar-refractivity contribution in [2.75, 3.05) is 0 Å². The first-order valence-corrected chi connectivity index (χ1v) is 6.40. The number of hydrogen-bond donors (Lipinski definition) is 0. The molecule has 2 atom stereocenters. The van der Waals surface area contributed by atoms with Gasteiger partial charge in [-0.2, -0.15) is 0 Å². The molecule has 0 bridgehead atoms. The first-order valence-electron chi connectivity index (χ1n) is 6.40. The van der Waals surface area contributed by atoms with Crippen molar-refractivity contribution >= 4 is 6.08 Å². The second-order valence-electron chi connectivity index (χ2n) is 4.74. The van der Waals surface area contributed by atoms with Gasteiger partial charge in [-0.15, -0.1) is 0 Å². The van der Waals surface area contributed by atoms with E-state index in [-0.39, 0.29) is 6.04 Å². The van der Waals surface area contributed by atoms with Gasteiger partial charge in [0.2, 0.25) is 6.08 Å². The summed E-state index contributed by atoms with van der Waals surface area (Å²) in [6, 6.07) is 0.274. The third-order valence-electron chi connectivity index (χ3n) is 3.64. The molecule has 15 heavy (non-hydrogen) atoms. The molecule has 0 N–H and O–H groups in total. The minimum Gasteiger partial charge on any atom is -0.211 e. The number of nitrogens with zero attached hydrogens (tertiary/aromatic N) is 1. The fourth-order valence-corrected chi connectivity index (χ4v) is 3.01.